The van der Waals surface area contributed by atoms with E-state index in [1.165, 1.54) is 12.1 Å². The van der Waals surface area contributed by atoms with Gasteiger partial charge in [0.2, 0.25) is 0 Å². The summed E-state index contributed by atoms with van der Waals surface area (Å²) in [7, 11) is 0. The molecule has 1 saturated carbocycles. The molecule has 0 bridgehead atoms. The average Bonchev–Trinajstić information content (AvgIpc) is 3.24. The molecular formula is C18H11F3N2. The fourth-order valence-corrected chi connectivity index (χ4v) is 3.14. The van der Waals surface area contributed by atoms with Gasteiger partial charge in [-0.2, -0.15) is 23.7 Å². The molecule has 114 valence electrons. The Kier molecular flexibility index (Phi) is 3.38. The lowest BCUT2D eigenvalue weighted by Crippen LogP contribution is -2.04. The standard InChI is InChI=1S/C18H11F3N2/c19-18(20,21)14-8-6-13(7-9-14)16-15(17(16,10-22)11-23)12-4-2-1-3-5-12/h1-9,15-16H. The molecule has 2 nitrogen and oxygen atoms in total. The van der Waals surface area contributed by atoms with Crippen molar-refractivity contribution < 1.29 is 13.2 Å². The highest BCUT2D eigenvalue weighted by Gasteiger charge is 2.67. The Morgan fingerprint density at radius 3 is 1.70 bits per heavy atom. The summed E-state index contributed by atoms with van der Waals surface area (Å²) in [5.74, 6) is -0.738. The van der Waals surface area contributed by atoms with Crippen LogP contribution in [0.3, 0.4) is 0 Å². The molecule has 2 unspecified atom stereocenters. The van der Waals surface area contributed by atoms with Crippen LogP contribution in [0.4, 0.5) is 13.2 Å². The molecule has 1 fully saturated rings. The molecule has 2 aromatic rings. The zero-order chi connectivity index (χ0) is 16.7. The predicted octanol–water partition coefficient (Wildman–Crippen LogP) is 4.62. The summed E-state index contributed by atoms with van der Waals surface area (Å²) in [5.41, 5.74) is -0.533. The van der Waals surface area contributed by atoms with E-state index in [1.807, 2.05) is 30.3 Å². The summed E-state index contributed by atoms with van der Waals surface area (Å²) in [5, 5.41) is 18.9. The quantitative estimate of drug-likeness (QED) is 0.812. The smallest absolute Gasteiger partial charge is 0.197 e. The van der Waals surface area contributed by atoms with E-state index in [9.17, 15) is 23.7 Å². The second kappa shape index (κ2) is 5.14. The SMILES string of the molecule is N#CC1(C#N)C(c2ccccc2)C1c1ccc(C(F)(F)F)cc1. The van der Waals surface area contributed by atoms with Gasteiger partial charge in [-0.3, -0.25) is 0 Å². The third-order valence-corrected chi connectivity index (χ3v) is 4.33. The molecule has 2 aromatic carbocycles. The van der Waals surface area contributed by atoms with Crippen molar-refractivity contribution >= 4 is 0 Å². The molecule has 0 N–H and O–H groups in total. The number of rotatable bonds is 2. The van der Waals surface area contributed by atoms with Crippen molar-refractivity contribution in [1.82, 2.24) is 0 Å². The Morgan fingerprint density at radius 2 is 1.26 bits per heavy atom. The highest BCUT2D eigenvalue weighted by atomic mass is 19.4. The van der Waals surface area contributed by atoms with Gasteiger partial charge in [0.15, 0.2) is 5.41 Å². The van der Waals surface area contributed by atoms with Crippen molar-refractivity contribution in [2.75, 3.05) is 0 Å². The lowest BCUT2D eigenvalue weighted by molar-refractivity contribution is -0.137. The number of nitriles is 2. The first kappa shape index (κ1) is 15.1. The van der Waals surface area contributed by atoms with Crippen LogP contribution in [-0.2, 0) is 6.18 Å². The minimum absolute atomic E-state index is 0.324. The Hall–Kier alpha value is -2.79. The monoisotopic (exact) mass is 312 g/mol. The lowest BCUT2D eigenvalue weighted by Gasteiger charge is -2.07. The highest BCUT2D eigenvalue weighted by molar-refractivity contribution is 5.53. The van der Waals surface area contributed by atoms with E-state index in [0.717, 1.165) is 17.7 Å². The Balaban J connectivity index is 1.99. The number of nitrogens with zero attached hydrogens (tertiary/aromatic N) is 2. The molecule has 2 atom stereocenters. The van der Waals surface area contributed by atoms with Crippen LogP contribution in [0.2, 0.25) is 0 Å². The normalized spacial score (nSPS) is 22.0. The molecule has 0 saturated heterocycles. The number of hydrogen-bond acceptors (Lipinski definition) is 2. The predicted molar refractivity (Wildman–Crippen MR) is 77.0 cm³/mol. The molecule has 1 aliphatic rings. The van der Waals surface area contributed by atoms with Gasteiger partial charge in [-0.15, -0.1) is 0 Å². The molecular weight excluding hydrogens is 301 g/mol. The maximum Gasteiger partial charge on any atom is 0.416 e. The molecule has 3 rings (SSSR count). The van der Waals surface area contributed by atoms with Crippen molar-refractivity contribution in [1.29, 1.82) is 10.5 Å². The molecule has 23 heavy (non-hydrogen) atoms. The second-order valence-electron chi connectivity index (χ2n) is 5.58. The third kappa shape index (κ3) is 2.35. The average molecular weight is 312 g/mol. The van der Waals surface area contributed by atoms with Crippen LogP contribution < -0.4 is 0 Å². The Morgan fingerprint density at radius 1 is 0.783 bits per heavy atom. The molecule has 1 aliphatic carbocycles. The van der Waals surface area contributed by atoms with Gasteiger partial charge in [0, 0.05) is 11.8 Å². The van der Waals surface area contributed by atoms with Gasteiger partial charge in [0.1, 0.15) is 0 Å². The topological polar surface area (TPSA) is 47.6 Å². The number of halogens is 3. The Labute approximate surface area is 131 Å². The van der Waals surface area contributed by atoms with Gasteiger partial charge in [0.25, 0.3) is 0 Å². The molecule has 0 aliphatic heterocycles. The van der Waals surface area contributed by atoms with Crippen molar-refractivity contribution in [2.24, 2.45) is 5.41 Å². The van der Waals surface area contributed by atoms with Crippen LogP contribution in [0, 0.1) is 28.1 Å². The summed E-state index contributed by atoms with van der Waals surface area (Å²) < 4.78 is 38.0. The minimum atomic E-state index is -4.40. The number of benzene rings is 2. The molecule has 0 heterocycles. The zero-order valence-corrected chi connectivity index (χ0v) is 11.9. The summed E-state index contributed by atoms with van der Waals surface area (Å²) in [4.78, 5) is 0. The number of alkyl halides is 3. The van der Waals surface area contributed by atoms with Gasteiger partial charge in [0.05, 0.1) is 17.7 Å². The van der Waals surface area contributed by atoms with Gasteiger partial charge in [-0.1, -0.05) is 42.5 Å². The van der Waals surface area contributed by atoms with E-state index in [0.29, 0.717) is 5.56 Å². The van der Waals surface area contributed by atoms with Crippen molar-refractivity contribution in [3.05, 3.63) is 71.3 Å². The summed E-state index contributed by atoms with van der Waals surface area (Å²) in [6.07, 6.45) is -4.40. The van der Waals surface area contributed by atoms with Gasteiger partial charge in [-0.25, -0.2) is 0 Å². The fraction of sp³-hybridized carbons (Fsp3) is 0.222. The van der Waals surface area contributed by atoms with Crippen LogP contribution in [0.25, 0.3) is 0 Å². The first-order valence-electron chi connectivity index (χ1n) is 6.98. The van der Waals surface area contributed by atoms with Crippen molar-refractivity contribution in [3.8, 4) is 12.1 Å². The first-order chi connectivity index (χ1) is 10.9. The Bertz CT molecular complexity index is 781. The maximum absolute atomic E-state index is 12.7. The highest BCUT2D eigenvalue weighted by Crippen LogP contribution is 2.69. The first-order valence-corrected chi connectivity index (χ1v) is 6.98. The third-order valence-electron chi connectivity index (χ3n) is 4.33. The van der Waals surface area contributed by atoms with Crippen LogP contribution in [-0.4, -0.2) is 0 Å². The maximum atomic E-state index is 12.7. The largest absolute Gasteiger partial charge is 0.416 e. The van der Waals surface area contributed by atoms with E-state index in [2.05, 4.69) is 12.1 Å². The molecule has 0 spiro atoms. The molecule has 0 aromatic heterocycles. The van der Waals surface area contributed by atoms with Gasteiger partial charge in [-0.05, 0) is 23.3 Å². The molecule has 5 heteroatoms. The van der Waals surface area contributed by atoms with Crippen LogP contribution in [0.15, 0.2) is 54.6 Å². The summed E-state index contributed by atoms with van der Waals surface area (Å²) in [6, 6.07) is 18.0. The fourth-order valence-electron chi connectivity index (χ4n) is 3.14. The van der Waals surface area contributed by atoms with Gasteiger partial charge < -0.3 is 0 Å². The van der Waals surface area contributed by atoms with Crippen LogP contribution in [0.5, 0.6) is 0 Å². The zero-order valence-electron chi connectivity index (χ0n) is 11.9. The van der Waals surface area contributed by atoms with Crippen molar-refractivity contribution in [3.63, 3.8) is 0 Å². The van der Waals surface area contributed by atoms with E-state index in [1.54, 1.807) is 0 Å². The number of hydrogen-bond donors (Lipinski definition) is 0. The summed E-state index contributed by atoms with van der Waals surface area (Å²) in [6.45, 7) is 0. The van der Waals surface area contributed by atoms with E-state index >= 15 is 0 Å². The molecule has 0 radical (unpaired) electrons. The van der Waals surface area contributed by atoms with E-state index < -0.39 is 23.1 Å². The van der Waals surface area contributed by atoms with Crippen molar-refractivity contribution in [2.45, 2.75) is 18.0 Å². The van der Waals surface area contributed by atoms with E-state index in [4.69, 9.17) is 0 Å². The minimum Gasteiger partial charge on any atom is -0.197 e. The lowest BCUT2D eigenvalue weighted by atomic mass is 10.0. The van der Waals surface area contributed by atoms with Crippen LogP contribution >= 0.6 is 0 Å². The summed E-state index contributed by atoms with van der Waals surface area (Å²) >= 11 is 0. The van der Waals surface area contributed by atoms with Crippen LogP contribution in [0.1, 0.15) is 28.5 Å². The second-order valence-corrected chi connectivity index (χ2v) is 5.58. The van der Waals surface area contributed by atoms with E-state index in [-0.39, 0.29) is 5.92 Å². The molecule has 0 amide bonds. The van der Waals surface area contributed by atoms with Gasteiger partial charge >= 0.3 is 6.18 Å².